The number of rotatable bonds is 5. The Morgan fingerprint density at radius 2 is 1.52 bits per heavy atom. The van der Waals surface area contributed by atoms with Crippen molar-refractivity contribution < 1.29 is 4.79 Å². The van der Waals surface area contributed by atoms with E-state index in [1.54, 1.807) is 0 Å². The predicted molar refractivity (Wildman–Crippen MR) is 87.1 cm³/mol. The molecule has 0 radical (unpaired) electrons. The molecule has 0 spiro atoms. The molecule has 0 fully saturated rings. The summed E-state index contributed by atoms with van der Waals surface area (Å²) in [6.45, 7) is 8.35. The van der Waals surface area contributed by atoms with E-state index in [1.165, 1.54) is 11.4 Å². The first-order valence-corrected chi connectivity index (χ1v) is 7.63. The molecular weight excluding hydrogens is 260 g/mol. The highest BCUT2D eigenvalue weighted by Crippen LogP contribution is 2.17. The van der Waals surface area contributed by atoms with E-state index in [9.17, 15) is 4.79 Å². The van der Waals surface area contributed by atoms with Crippen molar-refractivity contribution in [2.45, 2.75) is 46.6 Å². The van der Waals surface area contributed by atoms with Crippen molar-refractivity contribution in [3.8, 4) is 5.69 Å². The predicted octanol–water partition coefficient (Wildman–Crippen LogP) is 4.01. The lowest BCUT2D eigenvalue weighted by molar-refractivity contribution is 0.0935. The topological polar surface area (TPSA) is 34.0 Å². The molecule has 0 bridgehead atoms. The van der Waals surface area contributed by atoms with Crippen molar-refractivity contribution in [1.29, 1.82) is 0 Å². The Labute approximate surface area is 127 Å². The first kappa shape index (κ1) is 15.4. The highest BCUT2D eigenvalue weighted by atomic mass is 16.1. The van der Waals surface area contributed by atoms with Crippen LogP contribution in [-0.2, 0) is 0 Å². The van der Waals surface area contributed by atoms with Crippen LogP contribution < -0.4 is 5.32 Å². The zero-order valence-electron chi connectivity index (χ0n) is 13.3. The zero-order chi connectivity index (χ0) is 15.4. The van der Waals surface area contributed by atoms with Crippen molar-refractivity contribution in [3.05, 3.63) is 53.3 Å². The van der Waals surface area contributed by atoms with Crippen molar-refractivity contribution in [1.82, 2.24) is 9.88 Å². The van der Waals surface area contributed by atoms with Gasteiger partial charge in [0, 0.05) is 28.7 Å². The summed E-state index contributed by atoms with van der Waals surface area (Å²) in [4.78, 5) is 12.2. The Morgan fingerprint density at radius 1 is 1.00 bits per heavy atom. The fourth-order valence-corrected chi connectivity index (χ4v) is 2.60. The molecule has 1 aromatic carbocycles. The van der Waals surface area contributed by atoms with Gasteiger partial charge >= 0.3 is 0 Å². The molecule has 0 aliphatic heterocycles. The number of carbonyl (C=O) groups is 1. The van der Waals surface area contributed by atoms with E-state index in [4.69, 9.17) is 0 Å². The fraction of sp³-hybridized carbons (Fsp3) is 0.389. The van der Waals surface area contributed by atoms with Crippen LogP contribution in [0, 0.1) is 13.8 Å². The third-order valence-electron chi connectivity index (χ3n) is 3.98. The molecule has 112 valence electrons. The number of hydrogen-bond acceptors (Lipinski definition) is 1. The Morgan fingerprint density at radius 3 is 2.00 bits per heavy atom. The number of aromatic nitrogens is 1. The van der Waals surface area contributed by atoms with Crippen LogP contribution in [0.1, 0.15) is 48.4 Å². The minimum atomic E-state index is 0.0104. The van der Waals surface area contributed by atoms with Crippen LogP contribution in [0.4, 0.5) is 0 Å². The number of amides is 1. The molecule has 1 aromatic heterocycles. The van der Waals surface area contributed by atoms with Crippen LogP contribution in [0.3, 0.4) is 0 Å². The Kier molecular flexibility index (Phi) is 4.84. The van der Waals surface area contributed by atoms with Gasteiger partial charge in [-0.15, -0.1) is 0 Å². The quantitative estimate of drug-likeness (QED) is 0.884. The van der Waals surface area contributed by atoms with E-state index < -0.39 is 0 Å². The standard InChI is InChI=1S/C18H24N2O/c1-5-16(6-2)19-18(21)15-9-11-17(12-10-15)20-13(3)7-8-14(20)4/h7-12,16H,5-6H2,1-4H3,(H,19,21). The maximum Gasteiger partial charge on any atom is 0.251 e. The van der Waals surface area contributed by atoms with Crippen molar-refractivity contribution in [3.63, 3.8) is 0 Å². The van der Waals surface area contributed by atoms with Gasteiger partial charge in [0.2, 0.25) is 0 Å². The second-order valence-electron chi connectivity index (χ2n) is 5.49. The smallest absolute Gasteiger partial charge is 0.251 e. The summed E-state index contributed by atoms with van der Waals surface area (Å²) in [6.07, 6.45) is 1.92. The normalized spacial score (nSPS) is 10.9. The molecular formula is C18H24N2O. The van der Waals surface area contributed by atoms with Crippen LogP contribution in [0.2, 0.25) is 0 Å². The van der Waals surface area contributed by atoms with Gasteiger partial charge in [-0.05, 0) is 63.1 Å². The average molecular weight is 284 g/mol. The van der Waals surface area contributed by atoms with Gasteiger partial charge in [-0.1, -0.05) is 13.8 Å². The summed E-state index contributed by atoms with van der Waals surface area (Å²) in [5.41, 5.74) is 4.20. The first-order chi connectivity index (χ1) is 10.1. The molecule has 21 heavy (non-hydrogen) atoms. The number of hydrogen-bond donors (Lipinski definition) is 1. The largest absolute Gasteiger partial charge is 0.349 e. The maximum absolute atomic E-state index is 12.2. The highest BCUT2D eigenvalue weighted by Gasteiger charge is 2.11. The minimum absolute atomic E-state index is 0.0104. The Balaban J connectivity index is 2.18. The molecule has 0 saturated carbocycles. The van der Waals surface area contributed by atoms with Crippen LogP contribution in [0.15, 0.2) is 36.4 Å². The van der Waals surface area contributed by atoms with E-state index in [1.807, 2.05) is 24.3 Å². The summed E-state index contributed by atoms with van der Waals surface area (Å²) >= 11 is 0. The van der Waals surface area contributed by atoms with E-state index in [-0.39, 0.29) is 11.9 Å². The molecule has 2 rings (SSSR count). The lowest BCUT2D eigenvalue weighted by Gasteiger charge is -2.15. The number of nitrogens with one attached hydrogen (secondary N) is 1. The average Bonchev–Trinajstić information content (AvgIpc) is 2.84. The summed E-state index contributed by atoms with van der Waals surface area (Å²) < 4.78 is 2.18. The molecule has 0 saturated heterocycles. The Bertz CT molecular complexity index is 587. The monoisotopic (exact) mass is 284 g/mol. The third kappa shape index (κ3) is 3.35. The number of nitrogens with zero attached hydrogens (tertiary/aromatic N) is 1. The van der Waals surface area contributed by atoms with Crippen LogP contribution >= 0.6 is 0 Å². The van der Waals surface area contributed by atoms with E-state index in [0.29, 0.717) is 5.56 Å². The number of aryl methyl sites for hydroxylation is 2. The van der Waals surface area contributed by atoms with Gasteiger partial charge in [-0.25, -0.2) is 0 Å². The molecule has 1 amide bonds. The lowest BCUT2D eigenvalue weighted by atomic mass is 10.1. The summed E-state index contributed by atoms with van der Waals surface area (Å²) in [5.74, 6) is 0.0104. The minimum Gasteiger partial charge on any atom is -0.349 e. The molecule has 0 aliphatic carbocycles. The van der Waals surface area contributed by atoms with Gasteiger partial charge in [0.1, 0.15) is 0 Å². The van der Waals surface area contributed by atoms with Crippen molar-refractivity contribution >= 4 is 5.91 Å². The van der Waals surface area contributed by atoms with Crippen LogP contribution in [0.5, 0.6) is 0 Å². The molecule has 1 N–H and O–H groups in total. The van der Waals surface area contributed by atoms with Gasteiger partial charge in [0.25, 0.3) is 5.91 Å². The van der Waals surface area contributed by atoms with E-state index in [2.05, 4.69) is 49.7 Å². The molecule has 0 atom stereocenters. The van der Waals surface area contributed by atoms with Gasteiger partial charge in [-0.3, -0.25) is 4.79 Å². The number of carbonyl (C=O) groups excluding carboxylic acids is 1. The second kappa shape index (κ2) is 6.61. The van der Waals surface area contributed by atoms with E-state index >= 15 is 0 Å². The molecule has 0 aliphatic rings. The lowest BCUT2D eigenvalue weighted by Crippen LogP contribution is -2.33. The van der Waals surface area contributed by atoms with Gasteiger partial charge in [0.15, 0.2) is 0 Å². The molecule has 2 aromatic rings. The molecule has 3 nitrogen and oxygen atoms in total. The third-order valence-corrected chi connectivity index (χ3v) is 3.98. The van der Waals surface area contributed by atoms with Gasteiger partial charge in [-0.2, -0.15) is 0 Å². The Hall–Kier alpha value is -2.03. The SMILES string of the molecule is CCC(CC)NC(=O)c1ccc(-n2c(C)ccc2C)cc1. The summed E-state index contributed by atoms with van der Waals surface area (Å²) in [6, 6.07) is 12.2. The second-order valence-corrected chi connectivity index (χ2v) is 5.49. The van der Waals surface area contributed by atoms with Crippen molar-refractivity contribution in [2.75, 3.05) is 0 Å². The summed E-state index contributed by atoms with van der Waals surface area (Å²) in [5, 5.41) is 3.06. The number of benzene rings is 1. The molecule has 3 heteroatoms. The van der Waals surface area contributed by atoms with E-state index in [0.717, 1.165) is 18.5 Å². The molecule has 0 unspecified atom stereocenters. The van der Waals surface area contributed by atoms with Crippen molar-refractivity contribution in [2.24, 2.45) is 0 Å². The highest BCUT2D eigenvalue weighted by molar-refractivity contribution is 5.94. The first-order valence-electron chi connectivity index (χ1n) is 7.63. The maximum atomic E-state index is 12.2. The zero-order valence-corrected chi connectivity index (χ0v) is 13.3. The van der Waals surface area contributed by atoms with Gasteiger partial charge in [0.05, 0.1) is 0 Å². The fourth-order valence-electron chi connectivity index (χ4n) is 2.60. The van der Waals surface area contributed by atoms with Gasteiger partial charge < -0.3 is 9.88 Å². The summed E-state index contributed by atoms with van der Waals surface area (Å²) in [7, 11) is 0. The molecule has 1 heterocycles. The van der Waals surface area contributed by atoms with Crippen LogP contribution in [-0.4, -0.2) is 16.5 Å². The van der Waals surface area contributed by atoms with Crippen LogP contribution in [0.25, 0.3) is 5.69 Å².